The summed E-state index contributed by atoms with van der Waals surface area (Å²) in [5, 5.41) is 0.695. The van der Waals surface area contributed by atoms with E-state index in [-0.39, 0.29) is 21.0 Å². The first-order valence-electron chi connectivity index (χ1n) is 5.69. The summed E-state index contributed by atoms with van der Waals surface area (Å²) < 4.78 is 5.89. The van der Waals surface area contributed by atoms with E-state index in [2.05, 4.69) is 0 Å². The maximum absolute atomic E-state index is 12.4. The predicted molar refractivity (Wildman–Crippen MR) is 76.7 cm³/mol. The number of hydrogen-bond acceptors (Lipinski definition) is 3. The van der Waals surface area contributed by atoms with Crippen molar-refractivity contribution in [3.8, 4) is 0 Å². The Morgan fingerprint density at radius 2 is 1.70 bits per heavy atom. The molecule has 0 aliphatic rings. The molecule has 0 aliphatic carbocycles. The van der Waals surface area contributed by atoms with Gasteiger partial charge >= 0.3 is 5.63 Å². The Morgan fingerprint density at radius 1 is 1.00 bits per heavy atom. The van der Waals surface area contributed by atoms with Crippen molar-refractivity contribution in [3.05, 3.63) is 68.5 Å². The van der Waals surface area contributed by atoms with E-state index < -0.39 is 11.5 Å². The van der Waals surface area contributed by atoms with Gasteiger partial charge in [-0.25, -0.2) is 4.79 Å². The number of carbonyl (C=O) groups excluding carboxylic acids is 1. The number of nitrogens with zero attached hydrogens (tertiary/aromatic N) is 1. The second kappa shape index (κ2) is 4.81. The second-order valence-corrected chi connectivity index (χ2v) is 4.91. The molecule has 3 aromatic rings. The van der Waals surface area contributed by atoms with Crippen molar-refractivity contribution in [1.82, 2.24) is 4.74 Å². The largest absolute Gasteiger partial charge is 0.367 e. The summed E-state index contributed by atoms with van der Waals surface area (Å²) in [4.78, 5) is 24.2. The number of fused-ring (bicyclic) bond motifs is 1. The molecule has 20 heavy (non-hydrogen) atoms. The van der Waals surface area contributed by atoms with E-state index in [4.69, 9.17) is 27.7 Å². The standard InChI is InChI=1S/C14H7Cl2NO3/c15-9-5-2-1-4-8(9)13(18)17-11-7-3-6-10(16)12(11)14(19)20-17/h1-7H. The molecule has 0 aliphatic heterocycles. The molecule has 6 heteroatoms. The van der Waals surface area contributed by atoms with Crippen molar-refractivity contribution in [1.29, 1.82) is 0 Å². The fourth-order valence-electron chi connectivity index (χ4n) is 1.96. The monoisotopic (exact) mass is 307 g/mol. The molecular weight excluding hydrogens is 301 g/mol. The van der Waals surface area contributed by atoms with Crippen molar-refractivity contribution in [3.63, 3.8) is 0 Å². The van der Waals surface area contributed by atoms with E-state index >= 15 is 0 Å². The Morgan fingerprint density at radius 3 is 2.45 bits per heavy atom. The summed E-state index contributed by atoms with van der Waals surface area (Å²) in [6.45, 7) is 0. The molecule has 0 fully saturated rings. The van der Waals surface area contributed by atoms with Crippen LogP contribution in [0.15, 0.2) is 51.8 Å². The Bertz CT molecular complexity index is 880. The lowest BCUT2D eigenvalue weighted by Gasteiger charge is -2.03. The van der Waals surface area contributed by atoms with Gasteiger partial charge < -0.3 is 4.52 Å². The van der Waals surface area contributed by atoms with Crippen LogP contribution in [0.2, 0.25) is 10.0 Å². The van der Waals surface area contributed by atoms with Crippen molar-refractivity contribution >= 4 is 40.0 Å². The van der Waals surface area contributed by atoms with Gasteiger partial charge in [0, 0.05) is 0 Å². The molecule has 0 atom stereocenters. The van der Waals surface area contributed by atoms with Crippen LogP contribution in [-0.2, 0) is 0 Å². The van der Waals surface area contributed by atoms with Crippen LogP contribution in [0.1, 0.15) is 10.4 Å². The van der Waals surface area contributed by atoms with E-state index in [1.165, 1.54) is 0 Å². The van der Waals surface area contributed by atoms with Gasteiger partial charge in [-0.1, -0.05) is 41.4 Å². The first-order chi connectivity index (χ1) is 9.59. The Labute approximate surface area is 123 Å². The van der Waals surface area contributed by atoms with Gasteiger partial charge in [0.15, 0.2) is 0 Å². The van der Waals surface area contributed by atoms with E-state index in [1.807, 2.05) is 0 Å². The summed E-state index contributed by atoms with van der Waals surface area (Å²) in [6, 6.07) is 11.3. The molecule has 0 bridgehead atoms. The highest BCUT2D eigenvalue weighted by Gasteiger charge is 2.20. The molecule has 4 nitrogen and oxygen atoms in total. The maximum Gasteiger partial charge on any atom is 0.367 e. The molecule has 100 valence electrons. The number of halogens is 2. The third-order valence-corrected chi connectivity index (χ3v) is 3.52. The third kappa shape index (κ3) is 1.94. The van der Waals surface area contributed by atoms with Crippen molar-refractivity contribution in [2.24, 2.45) is 0 Å². The van der Waals surface area contributed by atoms with Crippen LogP contribution < -0.4 is 5.63 Å². The number of benzene rings is 2. The average molecular weight is 308 g/mol. The van der Waals surface area contributed by atoms with Gasteiger partial charge in [0.25, 0.3) is 5.91 Å². The van der Waals surface area contributed by atoms with Crippen LogP contribution in [0.5, 0.6) is 0 Å². The number of hydrogen-bond donors (Lipinski definition) is 0. The maximum atomic E-state index is 12.4. The molecule has 0 saturated carbocycles. The molecule has 3 rings (SSSR count). The van der Waals surface area contributed by atoms with Crippen LogP contribution in [0.25, 0.3) is 10.9 Å². The first kappa shape index (κ1) is 13.0. The zero-order chi connectivity index (χ0) is 14.3. The quantitative estimate of drug-likeness (QED) is 0.690. The van der Waals surface area contributed by atoms with Crippen LogP contribution in [0.4, 0.5) is 0 Å². The van der Waals surface area contributed by atoms with Gasteiger partial charge in [0.2, 0.25) is 0 Å². The lowest BCUT2D eigenvalue weighted by molar-refractivity contribution is 0.0850. The summed E-state index contributed by atoms with van der Waals surface area (Å²) in [7, 11) is 0. The third-order valence-electron chi connectivity index (χ3n) is 2.88. The molecular formula is C14H7Cl2NO3. The lowest BCUT2D eigenvalue weighted by Crippen LogP contribution is -2.11. The molecule has 1 aromatic heterocycles. The minimum atomic E-state index is -0.661. The van der Waals surface area contributed by atoms with Gasteiger partial charge in [-0.15, -0.1) is 4.74 Å². The summed E-state index contributed by atoms with van der Waals surface area (Å²) in [6.07, 6.45) is 0. The molecule has 0 unspecified atom stereocenters. The molecule has 1 heterocycles. The smallest absolute Gasteiger partial charge is 0.327 e. The van der Waals surface area contributed by atoms with E-state index in [1.54, 1.807) is 42.5 Å². The highest BCUT2D eigenvalue weighted by Crippen LogP contribution is 2.23. The van der Waals surface area contributed by atoms with E-state index in [0.29, 0.717) is 5.52 Å². The molecule has 0 amide bonds. The lowest BCUT2D eigenvalue weighted by atomic mass is 10.2. The highest BCUT2D eigenvalue weighted by molar-refractivity contribution is 6.36. The SMILES string of the molecule is O=C(c1ccccc1Cl)n1oc(=O)c2c(Cl)cccc21. The van der Waals surface area contributed by atoms with Crippen LogP contribution in [0.3, 0.4) is 0 Å². The van der Waals surface area contributed by atoms with Crippen LogP contribution in [0, 0.1) is 0 Å². The second-order valence-electron chi connectivity index (χ2n) is 4.09. The first-order valence-corrected chi connectivity index (χ1v) is 6.45. The molecule has 0 radical (unpaired) electrons. The minimum Gasteiger partial charge on any atom is -0.327 e. The van der Waals surface area contributed by atoms with Gasteiger partial charge in [-0.2, -0.15) is 0 Å². The molecule has 0 spiro atoms. The zero-order valence-electron chi connectivity index (χ0n) is 9.97. The fourth-order valence-corrected chi connectivity index (χ4v) is 2.42. The summed E-state index contributed by atoms with van der Waals surface area (Å²) in [5.74, 6) is -0.523. The van der Waals surface area contributed by atoms with Gasteiger partial charge in [-0.05, 0) is 24.3 Å². The van der Waals surface area contributed by atoms with Gasteiger partial charge in [0.05, 0.1) is 15.6 Å². The minimum absolute atomic E-state index is 0.176. The van der Waals surface area contributed by atoms with Crippen molar-refractivity contribution in [2.75, 3.05) is 0 Å². The molecule has 0 saturated heterocycles. The van der Waals surface area contributed by atoms with E-state index in [9.17, 15) is 9.59 Å². The average Bonchev–Trinajstić information content (AvgIpc) is 2.77. The molecule has 0 N–H and O–H groups in total. The Kier molecular flexibility index (Phi) is 3.12. The number of carbonyl (C=O) groups is 1. The predicted octanol–water partition coefficient (Wildman–Crippen LogP) is 3.59. The van der Waals surface area contributed by atoms with Crippen molar-refractivity contribution < 1.29 is 9.32 Å². The summed E-state index contributed by atoms with van der Waals surface area (Å²) >= 11 is 11.9. The van der Waals surface area contributed by atoms with Crippen LogP contribution in [-0.4, -0.2) is 10.6 Å². The zero-order valence-corrected chi connectivity index (χ0v) is 11.5. The number of aromatic nitrogens is 1. The Balaban J connectivity index is 2.26. The number of rotatable bonds is 1. The summed E-state index contributed by atoms with van der Waals surface area (Å²) in [5.41, 5.74) is -0.104. The molecule has 2 aromatic carbocycles. The van der Waals surface area contributed by atoms with Crippen LogP contribution >= 0.6 is 23.2 Å². The van der Waals surface area contributed by atoms with Gasteiger partial charge in [-0.3, -0.25) is 4.79 Å². The topological polar surface area (TPSA) is 52.2 Å². The van der Waals surface area contributed by atoms with Crippen molar-refractivity contribution in [2.45, 2.75) is 0 Å². The fraction of sp³-hybridized carbons (Fsp3) is 0. The van der Waals surface area contributed by atoms with Gasteiger partial charge in [0.1, 0.15) is 10.9 Å². The van der Waals surface area contributed by atoms with E-state index in [0.717, 1.165) is 4.74 Å². The normalized spacial score (nSPS) is 10.9. The highest BCUT2D eigenvalue weighted by atomic mass is 35.5. The Hall–Kier alpha value is -2.04.